The van der Waals surface area contributed by atoms with E-state index in [9.17, 15) is 0 Å². The summed E-state index contributed by atoms with van der Waals surface area (Å²) in [5, 5.41) is 0. The van der Waals surface area contributed by atoms with Crippen LogP contribution < -0.4 is 18.9 Å². The summed E-state index contributed by atoms with van der Waals surface area (Å²) in [7, 11) is 0. The summed E-state index contributed by atoms with van der Waals surface area (Å²) in [4.78, 5) is 0. The minimum absolute atomic E-state index is 0.378. The lowest BCUT2D eigenvalue weighted by Gasteiger charge is -2.26. The summed E-state index contributed by atoms with van der Waals surface area (Å²) in [6.45, 7) is 0. The first-order chi connectivity index (χ1) is 22.8. The molecular formula is C42H30O4. The fraction of sp³-hybridized carbons (Fsp3) is 0. The van der Waals surface area contributed by atoms with E-state index >= 15 is 0 Å². The summed E-state index contributed by atoms with van der Waals surface area (Å²) in [5.41, 5.74) is 3.45. The van der Waals surface area contributed by atoms with Crippen molar-refractivity contribution in [3.8, 4) is 68.2 Å². The number of rotatable bonds is 10. The van der Waals surface area contributed by atoms with Gasteiger partial charge in [0.05, 0.1) is 0 Å². The largest absolute Gasteiger partial charge is 0.453 e. The van der Waals surface area contributed by atoms with Crippen molar-refractivity contribution in [2.24, 2.45) is 0 Å². The Morgan fingerprint density at radius 3 is 0.696 bits per heavy atom. The van der Waals surface area contributed by atoms with E-state index in [1.54, 1.807) is 0 Å². The van der Waals surface area contributed by atoms with E-state index in [0.717, 1.165) is 22.3 Å². The van der Waals surface area contributed by atoms with Gasteiger partial charge in [-0.1, -0.05) is 133 Å². The molecule has 0 aliphatic rings. The maximum atomic E-state index is 6.85. The first-order valence-corrected chi connectivity index (χ1v) is 15.1. The highest BCUT2D eigenvalue weighted by molar-refractivity contribution is 5.96. The standard InChI is InChI=1S/C42H30O4/c1-7-19-31(20-8-1)37-38(32-21-9-2-10-22-32)40(44-34-25-13-4-14-26-34)42(46-36-29-17-6-18-30-36)41(45-35-27-15-5-16-28-35)39(37)43-33-23-11-3-12-24-33/h1-30H. The maximum absolute atomic E-state index is 6.85. The van der Waals surface area contributed by atoms with Crippen LogP contribution in [-0.4, -0.2) is 0 Å². The molecule has 0 radical (unpaired) electrons. The highest BCUT2D eigenvalue weighted by atomic mass is 16.6. The molecule has 0 heterocycles. The van der Waals surface area contributed by atoms with Gasteiger partial charge in [-0.25, -0.2) is 0 Å². The van der Waals surface area contributed by atoms with Gasteiger partial charge < -0.3 is 18.9 Å². The zero-order valence-corrected chi connectivity index (χ0v) is 25.0. The third-order valence-electron chi connectivity index (χ3n) is 7.30. The highest BCUT2D eigenvalue weighted by Gasteiger charge is 2.32. The number of benzene rings is 7. The molecule has 0 aliphatic heterocycles. The van der Waals surface area contributed by atoms with Crippen LogP contribution in [0.2, 0.25) is 0 Å². The van der Waals surface area contributed by atoms with Gasteiger partial charge in [0, 0.05) is 11.1 Å². The quantitative estimate of drug-likeness (QED) is 0.157. The lowest BCUT2D eigenvalue weighted by atomic mass is 9.91. The molecule has 0 aliphatic carbocycles. The van der Waals surface area contributed by atoms with E-state index in [1.807, 2.05) is 158 Å². The van der Waals surface area contributed by atoms with Gasteiger partial charge in [0.1, 0.15) is 23.0 Å². The van der Waals surface area contributed by atoms with E-state index in [4.69, 9.17) is 18.9 Å². The molecule has 0 saturated carbocycles. The third-order valence-corrected chi connectivity index (χ3v) is 7.30. The van der Waals surface area contributed by atoms with Gasteiger partial charge in [-0.2, -0.15) is 0 Å². The van der Waals surface area contributed by atoms with Crippen molar-refractivity contribution in [3.05, 3.63) is 182 Å². The second-order valence-corrected chi connectivity index (χ2v) is 10.5. The van der Waals surface area contributed by atoms with E-state index < -0.39 is 0 Å². The molecule has 0 saturated heterocycles. The monoisotopic (exact) mass is 598 g/mol. The molecule has 7 aromatic carbocycles. The van der Waals surface area contributed by atoms with Crippen molar-refractivity contribution < 1.29 is 18.9 Å². The first-order valence-electron chi connectivity index (χ1n) is 15.1. The molecule has 7 rings (SSSR count). The van der Waals surface area contributed by atoms with E-state index in [0.29, 0.717) is 46.0 Å². The highest BCUT2D eigenvalue weighted by Crippen LogP contribution is 2.60. The van der Waals surface area contributed by atoms with Crippen LogP contribution in [0.3, 0.4) is 0 Å². The normalized spacial score (nSPS) is 10.6. The predicted octanol–water partition coefficient (Wildman–Crippen LogP) is 12.2. The van der Waals surface area contributed by atoms with E-state index in [2.05, 4.69) is 24.3 Å². The molecule has 7 aromatic rings. The molecule has 0 N–H and O–H groups in total. The minimum atomic E-state index is 0.378. The van der Waals surface area contributed by atoms with Gasteiger partial charge in [-0.15, -0.1) is 0 Å². The number of hydrogen-bond donors (Lipinski definition) is 0. The van der Waals surface area contributed by atoms with Crippen molar-refractivity contribution >= 4 is 0 Å². The zero-order chi connectivity index (χ0) is 31.0. The van der Waals surface area contributed by atoms with Crippen LogP contribution in [0.15, 0.2) is 182 Å². The number of para-hydroxylation sites is 4. The average molecular weight is 599 g/mol. The molecule has 46 heavy (non-hydrogen) atoms. The Morgan fingerprint density at radius 1 is 0.217 bits per heavy atom. The van der Waals surface area contributed by atoms with Crippen molar-refractivity contribution in [2.75, 3.05) is 0 Å². The van der Waals surface area contributed by atoms with Gasteiger partial charge >= 0.3 is 0 Å². The first kappa shape index (κ1) is 28.5. The predicted molar refractivity (Wildman–Crippen MR) is 183 cm³/mol. The minimum Gasteiger partial charge on any atom is -0.453 e. The van der Waals surface area contributed by atoms with Gasteiger partial charge in [0.15, 0.2) is 11.5 Å². The SMILES string of the molecule is c1ccc(Oc2c(Oc3ccccc3)c(Oc3ccccc3)c(-c3ccccc3)c(-c3ccccc3)c2Oc2ccccc2)cc1. The Morgan fingerprint density at radius 2 is 0.435 bits per heavy atom. The van der Waals surface area contributed by atoms with Gasteiger partial charge in [-0.3, -0.25) is 0 Å². The van der Waals surface area contributed by atoms with Crippen LogP contribution in [0.25, 0.3) is 22.3 Å². The molecule has 0 aromatic heterocycles. The molecule has 0 fully saturated rings. The van der Waals surface area contributed by atoms with Gasteiger partial charge in [0.25, 0.3) is 0 Å². The van der Waals surface area contributed by atoms with Crippen molar-refractivity contribution in [2.45, 2.75) is 0 Å². The molecule has 0 atom stereocenters. The van der Waals surface area contributed by atoms with Crippen LogP contribution in [-0.2, 0) is 0 Å². The molecule has 4 heteroatoms. The number of hydrogen-bond acceptors (Lipinski definition) is 4. The fourth-order valence-electron chi connectivity index (χ4n) is 5.23. The Balaban J connectivity index is 1.63. The summed E-state index contributed by atoms with van der Waals surface area (Å²) in [6, 6.07) is 59.0. The van der Waals surface area contributed by atoms with Gasteiger partial charge in [0.2, 0.25) is 11.5 Å². The molecule has 222 valence electrons. The summed E-state index contributed by atoms with van der Waals surface area (Å²) < 4.78 is 27.3. The Labute approximate surface area is 268 Å². The Kier molecular flexibility index (Phi) is 8.42. The lowest BCUT2D eigenvalue weighted by Crippen LogP contribution is -2.03. The summed E-state index contributed by atoms with van der Waals surface area (Å²) in [5.74, 6) is 4.29. The molecule has 0 spiro atoms. The molecular weight excluding hydrogens is 568 g/mol. The van der Waals surface area contributed by atoms with E-state index in [1.165, 1.54) is 0 Å². The smallest absolute Gasteiger partial charge is 0.216 e. The maximum Gasteiger partial charge on any atom is 0.216 e. The Bertz CT molecular complexity index is 1850. The van der Waals surface area contributed by atoms with Crippen LogP contribution in [0.5, 0.6) is 46.0 Å². The second-order valence-electron chi connectivity index (χ2n) is 10.5. The van der Waals surface area contributed by atoms with Crippen molar-refractivity contribution in [1.29, 1.82) is 0 Å². The van der Waals surface area contributed by atoms with Crippen molar-refractivity contribution in [3.63, 3.8) is 0 Å². The van der Waals surface area contributed by atoms with E-state index in [-0.39, 0.29) is 0 Å². The Hall–Kier alpha value is -6.26. The second kappa shape index (κ2) is 13.6. The molecule has 0 amide bonds. The van der Waals surface area contributed by atoms with Gasteiger partial charge in [-0.05, 0) is 59.7 Å². The topological polar surface area (TPSA) is 36.9 Å². The molecule has 0 unspecified atom stereocenters. The van der Waals surface area contributed by atoms with Crippen LogP contribution >= 0.6 is 0 Å². The average Bonchev–Trinajstić information content (AvgIpc) is 3.13. The molecule has 4 nitrogen and oxygen atoms in total. The van der Waals surface area contributed by atoms with Crippen LogP contribution in [0.1, 0.15) is 0 Å². The third kappa shape index (κ3) is 6.33. The fourth-order valence-corrected chi connectivity index (χ4v) is 5.23. The van der Waals surface area contributed by atoms with Crippen LogP contribution in [0, 0.1) is 0 Å². The summed E-state index contributed by atoms with van der Waals surface area (Å²) in [6.07, 6.45) is 0. The van der Waals surface area contributed by atoms with Crippen LogP contribution in [0.4, 0.5) is 0 Å². The number of ether oxygens (including phenoxy) is 4. The zero-order valence-electron chi connectivity index (χ0n) is 25.0. The van der Waals surface area contributed by atoms with Crippen molar-refractivity contribution in [1.82, 2.24) is 0 Å². The summed E-state index contributed by atoms with van der Waals surface area (Å²) >= 11 is 0. The lowest BCUT2D eigenvalue weighted by molar-refractivity contribution is 0.368. The molecule has 0 bridgehead atoms.